The van der Waals surface area contributed by atoms with Crippen molar-refractivity contribution in [2.45, 2.75) is 20.8 Å². The van der Waals surface area contributed by atoms with E-state index in [4.69, 9.17) is 0 Å². The monoisotopic (exact) mass is 400 g/mol. The number of anilines is 2. The Morgan fingerprint density at radius 3 is 2.20 bits per heavy atom. The van der Waals surface area contributed by atoms with Gasteiger partial charge in [-0.3, -0.25) is 9.59 Å². The number of imide groups is 1. The Hall–Kier alpha value is -3.73. The van der Waals surface area contributed by atoms with E-state index >= 15 is 0 Å². The van der Waals surface area contributed by atoms with Gasteiger partial charge in [-0.2, -0.15) is 0 Å². The van der Waals surface area contributed by atoms with Gasteiger partial charge in [0.2, 0.25) is 0 Å². The minimum Gasteiger partial charge on any atom is -0.350 e. The molecule has 1 aliphatic heterocycles. The highest BCUT2D eigenvalue weighted by Crippen LogP contribution is 2.34. The molecule has 1 heterocycles. The second-order valence-electron chi connectivity index (χ2n) is 7.48. The summed E-state index contributed by atoms with van der Waals surface area (Å²) in [6, 6.07) is 18.8. The molecule has 5 heteroatoms. The highest BCUT2D eigenvalue weighted by molar-refractivity contribution is 6.46. The van der Waals surface area contributed by atoms with Crippen LogP contribution in [0.15, 0.2) is 72.4 Å². The van der Waals surface area contributed by atoms with Crippen molar-refractivity contribution in [3.05, 3.63) is 100 Å². The molecule has 0 saturated heterocycles. The van der Waals surface area contributed by atoms with E-state index in [1.165, 1.54) is 18.2 Å². The van der Waals surface area contributed by atoms with E-state index in [2.05, 4.69) is 5.32 Å². The average Bonchev–Trinajstić information content (AvgIpc) is 2.95. The van der Waals surface area contributed by atoms with Crippen molar-refractivity contribution in [1.82, 2.24) is 0 Å². The van der Waals surface area contributed by atoms with Gasteiger partial charge >= 0.3 is 0 Å². The molecule has 0 unspecified atom stereocenters. The number of hydrogen-bond acceptors (Lipinski definition) is 3. The number of rotatable bonds is 4. The van der Waals surface area contributed by atoms with Crippen molar-refractivity contribution in [3.63, 3.8) is 0 Å². The van der Waals surface area contributed by atoms with Gasteiger partial charge in [0.1, 0.15) is 11.5 Å². The first-order valence-electron chi connectivity index (χ1n) is 9.65. The zero-order chi connectivity index (χ0) is 21.4. The Labute approximate surface area is 174 Å². The molecule has 0 aromatic heterocycles. The van der Waals surface area contributed by atoms with Gasteiger partial charge in [0.25, 0.3) is 11.8 Å². The number of hydrogen-bond donors (Lipinski definition) is 1. The fraction of sp³-hybridized carbons (Fsp3) is 0.120. The number of nitrogens with one attached hydrogen (secondary N) is 1. The quantitative estimate of drug-likeness (QED) is 0.617. The first-order valence-corrected chi connectivity index (χ1v) is 9.65. The number of aryl methyl sites for hydroxylation is 3. The molecule has 30 heavy (non-hydrogen) atoms. The Morgan fingerprint density at radius 1 is 0.800 bits per heavy atom. The number of carbonyl (C=O) groups excluding carboxylic acids is 2. The van der Waals surface area contributed by atoms with Crippen LogP contribution < -0.4 is 10.2 Å². The summed E-state index contributed by atoms with van der Waals surface area (Å²) in [4.78, 5) is 27.7. The second-order valence-corrected chi connectivity index (χ2v) is 7.48. The molecule has 0 fully saturated rings. The van der Waals surface area contributed by atoms with Crippen LogP contribution in [0, 0.1) is 26.6 Å². The van der Waals surface area contributed by atoms with Crippen LogP contribution in [0.25, 0.3) is 5.57 Å². The molecule has 2 amide bonds. The van der Waals surface area contributed by atoms with Crippen LogP contribution in [-0.4, -0.2) is 11.8 Å². The van der Waals surface area contributed by atoms with E-state index in [1.54, 1.807) is 6.07 Å². The lowest BCUT2D eigenvalue weighted by Gasteiger charge is -2.16. The summed E-state index contributed by atoms with van der Waals surface area (Å²) >= 11 is 0. The molecule has 3 aromatic rings. The number of carbonyl (C=O) groups is 2. The normalized spacial score (nSPS) is 13.9. The fourth-order valence-electron chi connectivity index (χ4n) is 3.49. The molecule has 1 aliphatic rings. The standard InChI is InChI=1S/C25H21FN2O2/c1-15-8-11-18(12-9-15)22-23(27-21-13-16(2)7-10-17(21)3)25(30)28(24(22)29)20-6-4-5-19(26)14-20/h4-14,27H,1-3H3. The van der Waals surface area contributed by atoms with Gasteiger partial charge in [-0.25, -0.2) is 9.29 Å². The molecule has 0 spiro atoms. The van der Waals surface area contributed by atoms with Crippen LogP contribution >= 0.6 is 0 Å². The maximum absolute atomic E-state index is 13.8. The van der Waals surface area contributed by atoms with Crippen LogP contribution in [0.4, 0.5) is 15.8 Å². The van der Waals surface area contributed by atoms with E-state index < -0.39 is 17.6 Å². The van der Waals surface area contributed by atoms with E-state index in [-0.39, 0.29) is 17.0 Å². The number of halogens is 1. The van der Waals surface area contributed by atoms with Gasteiger partial charge in [-0.05, 0) is 61.7 Å². The van der Waals surface area contributed by atoms with Crippen LogP contribution in [0.1, 0.15) is 22.3 Å². The molecular weight excluding hydrogens is 379 g/mol. The third kappa shape index (κ3) is 3.50. The molecule has 4 rings (SSSR count). The SMILES string of the molecule is Cc1ccc(C2=C(Nc3cc(C)ccc3C)C(=O)N(c3cccc(F)c3)C2=O)cc1. The molecule has 0 saturated carbocycles. The molecule has 4 nitrogen and oxygen atoms in total. The molecule has 150 valence electrons. The van der Waals surface area contributed by atoms with Crippen LogP contribution in [0.2, 0.25) is 0 Å². The van der Waals surface area contributed by atoms with Crippen LogP contribution in [0.3, 0.4) is 0 Å². The fourth-order valence-corrected chi connectivity index (χ4v) is 3.49. The molecule has 1 N–H and O–H groups in total. The van der Waals surface area contributed by atoms with Gasteiger partial charge in [0, 0.05) is 5.69 Å². The number of benzene rings is 3. The summed E-state index contributed by atoms with van der Waals surface area (Å²) in [6.07, 6.45) is 0. The van der Waals surface area contributed by atoms with Gasteiger partial charge in [0.15, 0.2) is 0 Å². The third-order valence-electron chi connectivity index (χ3n) is 5.14. The highest BCUT2D eigenvalue weighted by Gasteiger charge is 2.40. The van der Waals surface area contributed by atoms with Crippen molar-refractivity contribution >= 4 is 28.8 Å². The Kier molecular flexibility index (Phi) is 4.96. The predicted molar refractivity (Wildman–Crippen MR) is 117 cm³/mol. The highest BCUT2D eigenvalue weighted by atomic mass is 19.1. The number of nitrogens with zero attached hydrogens (tertiary/aromatic N) is 1. The maximum Gasteiger partial charge on any atom is 0.282 e. The zero-order valence-corrected chi connectivity index (χ0v) is 17.0. The maximum atomic E-state index is 13.8. The average molecular weight is 400 g/mol. The van der Waals surface area contributed by atoms with Crippen molar-refractivity contribution < 1.29 is 14.0 Å². The van der Waals surface area contributed by atoms with Gasteiger partial charge in [-0.15, -0.1) is 0 Å². The molecule has 0 radical (unpaired) electrons. The summed E-state index contributed by atoms with van der Waals surface area (Å²) in [5.41, 5.74) is 5.05. The number of amides is 2. The van der Waals surface area contributed by atoms with E-state index in [1.807, 2.05) is 63.2 Å². The smallest absolute Gasteiger partial charge is 0.282 e. The summed E-state index contributed by atoms with van der Waals surface area (Å²) in [7, 11) is 0. The summed E-state index contributed by atoms with van der Waals surface area (Å²) in [6.45, 7) is 5.84. The summed E-state index contributed by atoms with van der Waals surface area (Å²) < 4.78 is 13.8. The van der Waals surface area contributed by atoms with E-state index in [0.717, 1.165) is 27.3 Å². The van der Waals surface area contributed by atoms with Gasteiger partial charge in [-0.1, -0.05) is 48.0 Å². The Morgan fingerprint density at radius 2 is 1.50 bits per heavy atom. The minimum absolute atomic E-state index is 0.182. The van der Waals surface area contributed by atoms with E-state index in [9.17, 15) is 14.0 Å². The topological polar surface area (TPSA) is 49.4 Å². The Balaban J connectivity index is 1.85. The molecule has 0 bridgehead atoms. The first kappa shape index (κ1) is 19.6. The largest absolute Gasteiger partial charge is 0.350 e. The van der Waals surface area contributed by atoms with Crippen LogP contribution in [-0.2, 0) is 9.59 Å². The molecule has 0 aliphatic carbocycles. The molecular formula is C25H21FN2O2. The first-order chi connectivity index (χ1) is 14.3. The van der Waals surface area contributed by atoms with Crippen molar-refractivity contribution in [2.75, 3.05) is 10.2 Å². The van der Waals surface area contributed by atoms with Gasteiger partial charge in [0.05, 0.1) is 11.3 Å². The lowest BCUT2D eigenvalue weighted by Crippen LogP contribution is -2.32. The zero-order valence-electron chi connectivity index (χ0n) is 17.0. The van der Waals surface area contributed by atoms with E-state index in [0.29, 0.717) is 5.56 Å². The summed E-state index contributed by atoms with van der Waals surface area (Å²) in [5, 5.41) is 3.18. The lowest BCUT2D eigenvalue weighted by molar-refractivity contribution is -0.120. The minimum atomic E-state index is -0.513. The van der Waals surface area contributed by atoms with Crippen molar-refractivity contribution in [1.29, 1.82) is 0 Å². The molecule has 0 atom stereocenters. The lowest BCUT2D eigenvalue weighted by atomic mass is 10.0. The third-order valence-corrected chi connectivity index (χ3v) is 5.14. The van der Waals surface area contributed by atoms with Crippen molar-refractivity contribution in [2.24, 2.45) is 0 Å². The van der Waals surface area contributed by atoms with Crippen LogP contribution in [0.5, 0.6) is 0 Å². The molecule has 3 aromatic carbocycles. The van der Waals surface area contributed by atoms with Crippen molar-refractivity contribution in [3.8, 4) is 0 Å². The predicted octanol–water partition coefficient (Wildman–Crippen LogP) is 5.15. The Bertz CT molecular complexity index is 1200. The van der Waals surface area contributed by atoms with Gasteiger partial charge < -0.3 is 5.32 Å². The second kappa shape index (κ2) is 7.59. The summed E-state index contributed by atoms with van der Waals surface area (Å²) in [5.74, 6) is -1.51.